The minimum Gasteiger partial charge on any atom is -0.467 e. The molecular weight excluding hydrogens is 422 g/mol. The number of hydrogen-bond donors (Lipinski definition) is 1. The van der Waals surface area contributed by atoms with Crippen molar-refractivity contribution in [2.45, 2.75) is 37.5 Å². The molecule has 0 aliphatic heterocycles. The summed E-state index contributed by atoms with van der Waals surface area (Å²) < 4.78 is 7.04. The second-order valence-electron chi connectivity index (χ2n) is 7.55. The summed E-state index contributed by atoms with van der Waals surface area (Å²) in [7, 11) is 0. The van der Waals surface area contributed by atoms with Gasteiger partial charge in [0.05, 0.1) is 29.0 Å². The molecule has 0 spiro atoms. The molecular formula is C25H25N3O3S. The smallest absolute Gasteiger partial charge is 0.262 e. The van der Waals surface area contributed by atoms with Crippen LogP contribution in [-0.2, 0) is 17.8 Å². The summed E-state index contributed by atoms with van der Waals surface area (Å²) in [6.45, 7) is 2.41. The highest BCUT2D eigenvalue weighted by Gasteiger charge is 2.15. The first kappa shape index (κ1) is 21.9. The molecule has 32 heavy (non-hydrogen) atoms. The van der Waals surface area contributed by atoms with Crippen molar-refractivity contribution in [1.82, 2.24) is 14.9 Å². The average molecular weight is 448 g/mol. The summed E-state index contributed by atoms with van der Waals surface area (Å²) in [6.07, 6.45) is 3.25. The summed E-state index contributed by atoms with van der Waals surface area (Å²) in [5, 5.41) is 4.07. The van der Waals surface area contributed by atoms with Gasteiger partial charge in [0, 0.05) is 6.54 Å². The van der Waals surface area contributed by atoms with Gasteiger partial charge in [-0.25, -0.2) is 4.98 Å². The molecule has 7 heteroatoms. The molecule has 0 bridgehead atoms. The molecule has 0 aliphatic rings. The van der Waals surface area contributed by atoms with Crippen LogP contribution >= 0.6 is 11.8 Å². The maximum atomic E-state index is 13.2. The predicted molar refractivity (Wildman–Crippen MR) is 127 cm³/mol. The Morgan fingerprint density at radius 1 is 1.09 bits per heavy atom. The van der Waals surface area contributed by atoms with Gasteiger partial charge < -0.3 is 9.73 Å². The number of hydrogen-bond acceptors (Lipinski definition) is 5. The fourth-order valence-corrected chi connectivity index (χ4v) is 4.40. The Kier molecular flexibility index (Phi) is 7.07. The van der Waals surface area contributed by atoms with E-state index in [2.05, 4.69) is 17.4 Å². The van der Waals surface area contributed by atoms with Crippen molar-refractivity contribution >= 4 is 28.6 Å². The number of thioether (sulfide) groups is 1. The van der Waals surface area contributed by atoms with E-state index in [0.29, 0.717) is 28.4 Å². The van der Waals surface area contributed by atoms with E-state index >= 15 is 0 Å². The molecule has 2 heterocycles. The van der Waals surface area contributed by atoms with E-state index in [0.717, 1.165) is 12.8 Å². The van der Waals surface area contributed by atoms with Crippen LogP contribution in [0.1, 0.15) is 30.7 Å². The maximum Gasteiger partial charge on any atom is 0.262 e. The fourth-order valence-electron chi connectivity index (χ4n) is 3.56. The molecule has 2 aromatic carbocycles. The van der Waals surface area contributed by atoms with Gasteiger partial charge in [-0.05, 0) is 49.6 Å². The number of amides is 1. The van der Waals surface area contributed by atoms with Gasteiger partial charge >= 0.3 is 0 Å². The van der Waals surface area contributed by atoms with E-state index in [4.69, 9.17) is 9.40 Å². The highest BCUT2D eigenvalue weighted by atomic mass is 32.2. The summed E-state index contributed by atoms with van der Waals surface area (Å²) in [5.74, 6) is 0.719. The third-order valence-electron chi connectivity index (χ3n) is 5.20. The first-order valence-electron chi connectivity index (χ1n) is 10.6. The molecule has 2 aromatic heterocycles. The summed E-state index contributed by atoms with van der Waals surface area (Å²) in [5.41, 5.74) is 1.80. The number of aromatic nitrogens is 2. The molecule has 0 saturated carbocycles. The summed E-state index contributed by atoms with van der Waals surface area (Å²) in [4.78, 5) is 30.3. The Hall–Kier alpha value is -3.32. The van der Waals surface area contributed by atoms with Gasteiger partial charge in [0.1, 0.15) is 5.76 Å². The molecule has 0 saturated heterocycles. The van der Waals surface area contributed by atoms with E-state index in [1.807, 2.05) is 49.4 Å². The zero-order valence-electron chi connectivity index (χ0n) is 17.9. The van der Waals surface area contributed by atoms with E-state index in [9.17, 15) is 9.59 Å². The number of nitrogens with zero attached hydrogens (tertiary/aromatic N) is 2. The lowest BCUT2D eigenvalue weighted by molar-refractivity contribution is -0.119. The second kappa shape index (κ2) is 10.3. The lowest BCUT2D eigenvalue weighted by Crippen LogP contribution is -2.29. The van der Waals surface area contributed by atoms with Crippen LogP contribution in [-0.4, -0.2) is 21.2 Å². The first-order valence-corrected chi connectivity index (χ1v) is 11.6. The quantitative estimate of drug-likeness (QED) is 0.300. The molecule has 4 aromatic rings. The molecule has 4 rings (SSSR count). The van der Waals surface area contributed by atoms with Crippen molar-refractivity contribution in [2.24, 2.45) is 0 Å². The Labute approximate surface area is 190 Å². The van der Waals surface area contributed by atoms with Crippen LogP contribution in [0.25, 0.3) is 10.9 Å². The molecule has 1 N–H and O–H groups in total. The molecule has 0 aliphatic carbocycles. The molecule has 0 fully saturated rings. The molecule has 6 nitrogen and oxygen atoms in total. The Bertz CT molecular complexity index is 1240. The van der Waals surface area contributed by atoms with E-state index in [1.165, 1.54) is 17.3 Å². The van der Waals surface area contributed by atoms with Crippen LogP contribution in [0.15, 0.2) is 87.4 Å². The number of aryl methyl sites for hydroxylation is 1. The lowest BCUT2D eigenvalue weighted by Gasteiger charge is -2.14. The van der Waals surface area contributed by atoms with Crippen molar-refractivity contribution in [3.63, 3.8) is 0 Å². The number of nitrogens with one attached hydrogen (secondary N) is 1. The second-order valence-corrected chi connectivity index (χ2v) is 8.49. The van der Waals surface area contributed by atoms with Gasteiger partial charge in [-0.3, -0.25) is 14.2 Å². The van der Waals surface area contributed by atoms with Crippen LogP contribution < -0.4 is 10.9 Å². The zero-order valence-corrected chi connectivity index (χ0v) is 18.7. The first-order chi connectivity index (χ1) is 15.6. The molecule has 1 amide bonds. The molecule has 1 unspecified atom stereocenters. The number of fused-ring (bicyclic) bond motifs is 1. The van der Waals surface area contributed by atoms with Gasteiger partial charge in [0.2, 0.25) is 5.91 Å². The monoisotopic (exact) mass is 447 g/mol. The van der Waals surface area contributed by atoms with Crippen LogP contribution in [0.3, 0.4) is 0 Å². The normalized spacial score (nSPS) is 12.0. The SMILES string of the molecule is CC(NC(=O)CSc1nc2ccccc2c(=O)n1CCCc1ccccc1)c1ccco1. The maximum absolute atomic E-state index is 13.2. The fraction of sp³-hybridized carbons (Fsp3) is 0.240. The van der Waals surface area contributed by atoms with Crippen LogP contribution in [0.2, 0.25) is 0 Å². The van der Waals surface area contributed by atoms with Crippen molar-refractivity contribution in [2.75, 3.05) is 5.75 Å². The van der Waals surface area contributed by atoms with Gasteiger partial charge in [-0.2, -0.15) is 0 Å². The Morgan fingerprint density at radius 3 is 2.66 bits per heavy atom. The zero-order chi connectivity index (χ0) is 22.3. The number of para-hydroxylation sites is 1. The van der Waals surface area contributed by atoms with Crippen molar-refractivity contribution in [3.8, 4) is 0 Å². The van der Waals surface area contributed by atoms with Gasteiger partial charge in [-0.15, -0.1) is 0 Å². The minimum atomic E-state index is -0.226. The molecule has 1 atom stereocenters. The summed E-state index contributed by atoms with van der Waals surface area (Å²) >= 11 is 1.28. The third kappa shape index (κ3) is 5.29. The lowest BCUT2D eigenvalue weighted by atomic mass is 10.1. The minimum absolute atomic E-state index is 0.0736. The van der Waals surface area contributed by atoms with E-state index in [1.54, 1.807) is 23.0 Å². The number of benzene rings is 2. The van der Waals surface area contributed by atoms with Crippen LogP contribution in [0, 0.1) is 0 Å². The highest BCUT2D eigenvalue weighted by molar-refractivity contribution is 7.99. The van der Waals surface area contributed by atoms with Crippen LogP contribution in [0.5, 0.6) is 0 Å². The van der Waals surface area contributed by atoms with Gasteiger partial charge in [0.25, 0.3) is 5.56 Å². The van der Waals surface area contributed by atoms with Crippen molar-refractivity contribution in [3.05, 3.63) is 94.7 Å². The molecule has 164 valence electrons. The van der Waals surface area contributed by atoms with Gasteiger partial charge in [0.15, 0.2) is 5.16 Å². The predicted octanol–water partition coefficient (Wildman–Crippen LogP) is 4.59. The topological polar surface area (TPSA) is 77.1 Å². The third-order valence-corrected chi connectivity index (χ3v) is 6.17. The number of rotatable bonds is 9. The number of furan rings is 1. The summed E-state index contributed by atoms with van der Waals surface area (Å²) in [6, 6.07) is 20.9. The standard InChI is InChI=1S/C25H25N3O3S/c1-18(22-14-8-16-31-22)26-23(29)17-32-25-27-21-13-6-5-12-20(21)24(30)28(25)15-7-11-19-9-3-2-4-10-19/h2-6,8-10,12-14,16,18H,7,11,15,17H2,1H3,(H,26,29). The average Bonchev–Trinajstić information content (AvgIpc) is 3.35. The Morgan fingerprint density at radius 2 is 1.88 bits per heavy atom. The van der Waals surface area contributed by atoms with Crippen LogP contribution in [0.4, 0.5) is 0 Å². The van der Waals surface area contributed by atoms with Gasteiger partial charge in [-0.1, -0.05) is 54.2 Å². The van der Waals surface area contributed by atoms with E-state index < -0.39 is 0 Å². The molecule has 0 radical (unpaired) electrons. The highest BCUT2D eigenvalue weighted by Crippen LogP contribution is 2.19. The number of carbonyl (C=O) groups excluding carboxylic acids is 1. The van der Waals surface area contributed by atoms with Crippen molar-refractivity contribution < 1.29 is 9.21 Å². The van der Waals surface area contributed by atoms with Crippen molar-refractivity contribution in [1.29, 1.82) is 0 Å². The van der Waals surface area contributed by atoms with E-state index in [-0.39, 0.29) is 23.3 Å². The largest absolute Gasteiger partial charge is 0.467 e. The Balaban J connectivity index is 1.49. The number of carbonyl (C=O) groups is 1.